The number of aromatic nitrogens is 3. The molecule has 7 heteroatoms. The van der Waals surface area contributed by atoms with Crippen LogP contribution < -0.4 is 0 Å². The fourth-order valence-electron chi connectivity index (χ4n) is 2.92. The lowest BCUT2D eigenvalue weighted by Crippen LogP contribution is -2.25. The fourth-order valence-corrected chi connectivity index (χ4v) is 4.06. The molecule has 0 unspecified atom stereocenters. The van der Waals surface area contributed by atoms with Gasteiger partial charge in [0.15, 0.2) is 5.65 Å². The Morgan fingerprint density at radius 1 is 1.19 bits per heavy atom. The van der Waals surface area contributed by atoms with Crippen LogP contribution >= 0.6 is 22.9 Å². The zero-order valence-corrected chi connectivity index (χ0v) is 16.2. The molecule has 0 aliphatic rings. The number of fused-ring (bicyclic) bond motifs is 1. The van der Waals surface area contributed by atoms with Gasteiger partial charge in [-0.2, -0.15) is 5.10 Å². The maximum Gasteiger partial charge on any atom is 0.255 e. The van der Waals surface area contributed by atoms with Gasteiger partial charge in [-0.1, -0.05) is 41.9 Å². The van der Waals surface area contributed by atoms with Crippen LogP contribution in [0.2, 0.25) is 4.34 Å². The molecule has 0 fully saturated rings. The van der Waals surface area contributed by atoms with E-state index in [9.17, 15) is 4.79 Å². The van der Waals surface area contributed by atoms with Gasteiger partial charge in [0.2, 0.25) is 0 Å². The van der Waals surface area contributed by atoms with Crippen molar-refractivity contribution < 1.29 is 4.79 Å². The van der Waals surface area contributed by atoms with Crippen molar-refractivity contribution in [2.24, 2.45) is 0 Å². The van der Waals surface area contributed by atoms with Crippen LogP contribution in [-0.2, 0) is 13.1 Å². The summed E-state index contributed by atoms with van der Waals surface area (Å²) in [5.41, 5.74) is 2.47. The topological polar surface area (TPSA) is 51.0 Å². The molecular formula is C20H17ClN4OS. The molecule has 3 heterocycles. The van der Waals surface area contributed by atoms with Crippen LogP contribution in [0.1, 0.15) is 20.8 Å². The molecule has 1 aromatic carbocycles. The van der Waals surface area contributed by atoms with Gasteiger partial charge in [0.1, 0.15) is 0 Å². The van der Waals surface area contributed by atoms with E-state index in [1.54, 1.807) is 24.3 Å². The van der Waals surface area contributed by atoms with Gasteiger partial charge in [0, 0.05) is 23.5 Å². The van der Waals surface area contributed by atoms with E-state index in [-0.39, 0.29) is 5.91 Å². The number of carbonyl (C=O) groups is 1. The molecule has 0 saturated heterocycles. The molecular weight excluding hydrogens is 380 g/mol. The molecule has 4 rings (SSSR count). The Balaban J connectivity index is 1.54. The number of benzene rings is 1. The number of pyridine rings is 1. The molecule has 0 atom stereocenters. The zero-order valence-electron chi connectivity index (χ0n) is 14.7. The molecule has 136 valence electrons. The molecule has 0 bridgehead atoms. The second-order valence-electron chi connectivity index (χ2n) is 6.29. The molecule has 0 spiro atoms. The highest BCUT2D eigenvalue weighted by atomic mass is 35.5. The van der Waals surface area contributed by atoms with Gasteiger partial charge in [0.05, 0.1) is 29.2 Å². The number of amides is 1. The average molecular weight is 397 g/mol. The number of halogens is 1. The predicted octanol–water partition coefficient (Wildman–Crippen LogP) is 4.47. The molecule has 0 radical (unpaired) electrons. The van der Waals surface area contributed by atoms with E-state index in [2.05, 4.69) is 22.2 Å². The Labute approximate surface area is 165 Å². The first-order valence-electron chi connectivity index (χ1n) is 8.45. The zero-order chi connectivity index (χ0) is 18.8. The van der Waals surface area contributed by atoms with Gasteiger partial charge >= 0.3 is 0 Å². The predicted molar refractivity (Wildman–Crippen MR) is 108 cm³/mol. The first-order valence-corrected chi connectivity index (χ1v) is 9.65. The highest BCUT2D eigenvalue weighted by molar-refractivity contribution is 7.16. The van der Waals surface area contributed by atoms with E-state index in [1.807, 2.05) is 41.1 Å². The summed E-state index contributed by atoms with van der Waals surface area (Å²) in [5, 5.41) is 5.27. The van der Waals surface area contributed by atoms with Crippen molar-refractivity contribution in [1.29, 1.82) is 0 Å². The third-order valence-electron chi connectivity index (χ3n) is 4.27. The Hall–Kier alpha value is -2.70. The SMILES string of the molecule is CN(Cc1ccc(Cl)s1)C(=O)c1cnc2c(cnn2Cc2ccccc2)c1. The summed E-state index contributed by atoms with van der Waals surface area (Å²) in [6.45, 7) is 1.16. The van der Waals surface area contributed by atoms with E-state index in [0.29, 0.717) is 18.7 Å². The minimum atomic E-state index is -0.0790. The monoisotopic (exact) mass is 396 g/mol. The van der Waals surface area contributed by atoms with Crippen LogP contribution in [0, 0.1) is 0 Å². The second-order valence-corrected chi connectivity index (χ2v) is 8.09. The van der Waals surface area contributed by atoms with Crippen LogP contribution in [0.5, 0.6) is 0 Å². The van der Waals surface area contributed by atoms with E-state index in [4.69, 9.17) is 11.6 Å². The average Bonchev–Trinajstić information content (AvgIpc) is 3.27. The number of thiophene rings is 1. The van der Waals surface area contributed by atoms with Crippen molar-refractivity contribution >= 4 is 39.9 Å². The van der Waals surface area contributed by atoms with Crippen molar-refractivity contribution in [1.82, 2.24) is 19.7 Å². The summed E-state index contributed by atoms with van der Waals surface area (Å²) in [6, 6.07) is 15.7. The number of hydrogen-bond donors (Lipinski definition) is 0. The third-order valence-corrected chi connectivity index (χ3v) is 5.48. The van der Waals surface area contributed by atoms with Crippen molar-refractivity contribution in [3.8, 4) is 0 Å². The Bertz CT molecular complexity index is 1090. The Kier molecular flexibility index (Phi) is 4.92. The molecule has 0 saturated carbocycles. The largest absolute Gasteiger partial charge is 0.337 e. The first-order chi connectivity index (χ1) is 13.1. The molecule has 1 amide bonds. The Morgan fingerprint density at radius 3 is 2.74 bits per heavy atom. The normalized spacial score (nSPS) is 11.0. The number of carbonyl (C=O) groups excluding carboxylic acids is 1. The van der Waals surface area contributed by atoms with Crippen LogP contribution in [0.25, 0.3) is 11.0 Å². The van der Waals surface area contributed by atoms with Crippen molar-refractivity contribution in [3.63, 3.8) is 0 Å². The van der Waals surface area contributed by atoms with Crippen molar-refractivity contribution in [2.45, 2.75) is 13.1 Å². The molecule has 4 aromatic rings. The van der Waals surface area contributed by atoms with E-state index in [1.165, 1.54) is 11.3 Å². The number of rotatable bonds is 5. The Morgan fingerprint density at radius 2 is 2.00 bits per heavy atom. The van der Waals surface area contributed by atoms with Crippen molar-refractivity contribution in [2.75, 3.05) is 7.05 Å². The van der Waals surface area contributed by atoms with Gasteiger partial charge in [0.25, 0.3) is 5.91 Å². The summed E-state index contributed by atoms with van der Waals surface area (Å²) >= 11 is 7.44. The lowest BCUT2D eigenvalue weighted by molar-refractivity contribution is 0.0786. The number of nitrogens with zero attached hydrogens (tertiary/aromatic N) is 4. The molecule has 5 nitrogen and oxygen atoms in total. The summed E-state index contributed by atoms with van der Waals surface area (Å²) in [5.74, 6) is -0.0790. The highest BCUT2D eigenvalue weighted by Gasteiger charge is 2.15. The van der Waals surface area contributed by atoms with Gasteiger partial charge in [-0.15, -0.1) is 11.3 Å². The van der Waals surface area contributed by atoms with Gasteiger partial charge in [-0.05, 0) is 23.8 Å². The maximum absolute atomic E-state index is 12.7. The molecule has 0 N–H and O–H groups in total. The third kappa shape index (κ3) is 3.86. The molecule has 27 heavy (non-hydrogen) atoms. The highest BCUT2D eigenvalue weighted by Crippen LogP contribution is 2.23. The first kappa shape index (κ1) is 17.7. The summed E-state index contributed by atoms with van der Waals surface area (Å²) in [6.07, 6.45) is 3.37. The summed E-state index contributed by atoms with van der Waals surface area (Å²) in [7, 11) is 1.78. The fraction of sp³-hybridized carbons (Fsp3) is 0.150. The lowest BCUT2D eigenvalue weighted by atomic mass is 10.2. The van der Waals surface area contributed by atoms with Gasteiger partial charge in [-0.3, -0.25) is 4.79 Å². The minimum absolute atomic E-state index is 0.0790. The van der Waals surface area contributed by atoms with Crippen LogP contribution in [0.3, 0.4) is 0 Å². The minimum Gasteiger partial charge on any atom is -0.337 e. The smallest absolute Gasteiger partial charge is 0.255 e. The van der Waals surface area contributed by atoms with E-state index < -0.39 is 0 Å². The van der Waals surface area contributed by atoms with Crippen LogP contribution in [0.15, 0.2) is 60.9 Å². The van der Waals surface area contributed by atoms with E-state index >= 15 is 0 Å². The molecule has 3 aromatic heterocycles. The summed E-state index contributed by atoms with van der Waals surface area (Å²) < 4.78 is 2.57. The molecule has 0 aliphatic heterocycles. The van der Waals surface area contributed by atoms with Crippen molar-refractivity contribution in [3.05, 3.63) is 81.3 Å². The van der Waals surface area contributed by atoms with Crippen LogP contribution in [-0.4, -0.2) is 32.6 Å². The van der Waals surface area contributed by atoms with Gasteiger partial charge in [-0.25, -0.2) is 9.67 Å². The van der Waals surface area contributed by atoms with E-state index in [0.717, 1.165) is 25.8 Å². The van der Waals surface area contributed by atoms with Gasteiger partial charge < -0.3 is 4.90 Å². The lowest BCUT2D eigenvalue weighted by Gasteiger charge is -2.16. The standard InChI is InChI=1S/C20H17ClN4OS/c1-24(13-17-7-8-18(21)27-17)20(26)16-9-15-11-23-25(19(15)22-10-16)12-14-5-3-2-4-6-14/h2-11H,12-13H2,1H3. The van der Waals surface area contributed by atoms with Crippen LogP contribution in [0.4, 0.5) is 0 Å². The number of hydrogen-bond acceptors (Lipinski definition) is 4. The summed E-state index contributed by atoms with van der Waals surface area (Å²) in [4.78, 5) is 19.9. The maximum atomic E-state index is 12.7. The second kappa shape index (κ2) is 7.50. The quantitative estimate of drug-likeness (QED) is 0.500. The molecule has 0 aliphatic carbocycles.